The summed E-state index contributed by atoms with van der Waals surface area (Å²) in [5.41, 5.74) is 1.99. The number of nitrogens with one attached hydrogen (secondary N) is 3. The standard InChI is InChI=1S/C23H23ClF3N9/c1-12(5-13(2)31-11-23(25,26)27)17-7-18(24)19(6-14(17)8-28)33-22-34-20(32-15-3-4-15)21-30-10-16(9-29)36(21)35-22/h6-7,10,12-13,15,31H,3-5,11H2,1-2H3,(H2,32,33,34,35). The molecule has 3 N–H and O–H groups in total. The Morgan fingerprint density at radius 1 is 1.22 bits per heavy atom. The molecule has 188 valence electrons. The van der Waals surface area contributed by atoms with Crippen molar-refractivity contribution in [1.29, 1.82) is 10.5 Å². The average Bonchev–Trinajstić information content (AvgIpc) is 3.54. The second-order valence-electron chi connectivity index (χ2n) is 8.88. The first-order chi connectivity index (χ1) is 17.1. The van der Waals surface area contributed by atoms with Crippen molar-refractivity contribution in [2.45, 2.75) is 57.3 Å². The highest BCUT2D eigenvalue weighted by molar-refractivity contribution is 6.33. The predicted molar refractivity (Wildman–Crippen MR) is 128 cm³/mol. The molecule has 0 radical (unpaired) electrons. The van der Waals surface area contributed by atoms with E-state index in [-0.39, 0.29) is 23.6 Å². The van der Waals surface area contributed by atoms with Crippen LogP contribution in [0.1, 0.15) is 55.8 Å². The molecular formula is C23H23ClF3N9. The van der Waals surface area contributed by atoms with Crippen molar-refractivity contribution < 1.29 is 13.2 Å². The zero-order valence-corrected chi connectivity index (χ0v) is 20.2. The van der Waals surface area contributed by atoms with Crippen LogP contribution < -0.4 is 16.0 Å². The Hall–Kier alpha value is -3.61. The summed E-state index contributed by atoms with van der Waals surface area (Å²) in [6.07, 6.45) is -0.497. The zero-order chi connectivity index (χ0) is 26.0. The van der Waals surface area contributed by atoms with Crippen LogP contribution in [-0.2, 0) is 0 Å². The number of nitrogens with zero attached hydrogens (tertiary/aromatic N) is 6. The van der Waals surface area contributed by atoms with Crippen molar-refractivity contribution in [1.82, 2.24) is 24.9 Å². The van der Waals surface area contributed by atoms with E-state index in [1.807, 2.05) is 13.0 Å². The summed E-state index contributed by atoms with van der Waals surface area (Å²) in [5, 5.41) is 32.5. The summed E-state index contributed by atoms with van der Waals surface area (Å²) in [5.74, 6) is 0.392. The van der Waals surface area contributed by atoms with Gasteiger partial charge in [0.25, 0.3) is 0 Å². The van der Waals surface area contributed by atoms with Crippen LogP contribution in [0, 0.1) is 22.7 Å². The van der Waals surface area contributed by atoms with Crippen LogP contribution in [-0.4, -0.2) is 44.4 Å². The lowest BCUT2D eigenvalue weighted by atomic mass is 9.90. The minimum absolute atomic E-state index is 0.150. The molecule has 1 saturated carbocycles. The van der Waals surface area contributed by atoms with E-state index >= 15 is 0 Å². The van der Waals surface area contributed by atoms with Crippen LogP contribution in [0.25, 0.3) is 5.65 Å². The monoisotopic (exact) mass is 517 g/mol. The third-order valence-electron chi connectivity index (χ3n) is 5.79. The summed E-state index contributed by atoms with van der Waals surface area (Å²) in [4.78, 5) is 8.72. The lowest BCUT2D eigenvalue weighted by Gasteiger charge is -2.21. The Balaban J connectivity index is 1.58. The maximum atomic E-state index is 12.5. The van der Waals surface area contributed by atoms with E-state index in [0.717, 1.165) is 12.8 Å². The fourth-order valence-corrected chi connectivity index (χ4v) is 4.09. The number of benzene rings is 1. The smallest absolute Gasteiger partial charge is 0.364 e. The lowest BCUT2D eigenvalue weighted by Crippen LogP contribution is -2.36. The molecule has 0 amide bonds. The Labute approximate surface area is 210 Å². The van der Waals surface area contributed by atoms with E-state index in [9.17, 15) is 23.7 Å². The maximum absolute atomic E-state index is 12.5. The topological polar surface area (TPSA) is 127 Å². The van der Waals surface area contributed by atoms with Gasteiger partial charge in [0.15, 0.2) is 17.2 Å². The van der Waals surface area contributed by atoms with Crippen molar-refractivity contribution in [3.63, 3.8) is 0 Å². The van der Waals surface area contributed by atoms with E-state index < -0.39 is 18.8 Å². The molecule has 1 aromatic carbocycles. The van der Waals surface area contributed by atoms with Crippen LogP contribution in [0.3, 0.4) is 0 Å². The van der Waals surface area contributed by atoms with Gasteiger partial charge >= 0.3 is 6.18 Å². The molecule has 2 aromatic heterocycles. The fourth-order valence-electron chi connectivity index (χ4n) is 3.87. The molecule has 0 bridgehead atoms. The highest BCUT2D eigenvalue weighted by atomic mass is 35.5. The minimum Gasteiger partial charge on any atom is -0.364 e. The van der Waals surface area contributed by atoms with E-state index in [2.05, 4.69) is 37.1 Å². The number of hydrogen-bond donors (Lipinski definition) is 3. The second-order valence-corrected chi connectivity index (χ2v) is 9.29. The quantitative estimate of drug-likeness (QED) is 0.367. The van der Waals surface area contributed by atoms with Crippen molar-refractivity contribution in [2.75, 3.05) is 17.2 Å². The minimum atomic E-state index is -4.30. The van der Waals surface area contributed by atoms with Gasteiger partial charge in [-0.15, -0.1) is 5.10 Å². The van der Waals surface area contributed by atoms with Gasteiger partial charge in [0.05, 0.1) is 35.1 Å². The lowest BCUT2D eigenvalue weighted by molar-refractivity contribution is -0.126. The van der Waals surface area contributed by atoms with Gasteiger partial charge in [-0.3, -0.25) is 0 Å². The van der Waals surface area contributed by atoms with Crippen LogP contribution in [0.5, 0.6) is 0 Å². The first kappa shape index (κ1) is 25.5. The zero-order valence-electron chi connectivity index (χ0n) is 19.5. The van der Waals surface area contributed by atoms with Crippen molar-refractivity contribution >= 4 is 34.7 Å². The fraction of sp³-hybridized carbons (Fsp3) is 0.435. The summed E-state index contributed by atoms with van der Waals surface area (Å²) < 4.78 is 38.9. The number of aromatic nitrogens is 4. The summed E-state index contributed by atoms with van der Waals surface area (Å²) >= 11 is 6.52. The molecule has 0 saturated heterocycles. The van der Waals surface area contributed by atoms with E-state index in [0.29, 0.717) is 39.7 Å². The van der Waals surface area contributed by atoms with Crippen LogP contribution in [0.15, 0.2) is 18.3 Å². The van der Waals surface area contributed by atoms with Gasteiger partial charge in [0.1, 0.15) is 6.07 Å². The number of nitriles is 2. The number of imidazole rings is 1. The van der Waals surface area contributed by atoms with Crippen molar-refractivity contribution in [2.24, 2.45) is 0 Å². The molecule has 0 spiro atoms. The first-order valence-electron chi connectivity index (χ1n) is 11.3. The molecular weight excluding hydrogens is 495 g/mol. The van der Waals surface area contributed by atoms with Crippen LogP contribution in [0.2, 0.25) is 5.02 Å². The largest absolute Gasteiger partial charge is 0.401 e. The van der Waals surface area contributed by atoms with Gasteiger partial charge in [-0.1, -0.05) is 18.5 Å². The summed E-state index contributed by atoms with van der Waals surface area (Å²) in [6.45, 7) is 2.42. The Morgan fingerprint density at radius 3 is 2.61 bits per heavy atom. The number of fused-ring (bicyclic) bond motifs is 1. The highest BCUT2D eigenvalue weighted by Crippen LogP contribution is 2.34. The summed E-state index contributed by atoms with van der Waals surface area (Å²) in [6, 6.07) is 7.22. The van der Waals surface area contributed by atoms with Crippen molar-refractivity contribution in [3.05, 3.63) is 40.2 Å². The van der Waals surface area contributed by atoms with Crippen molar-refractivity contribution in [3.8, 4) is 12.1 Å². The Morgan fingerprint density at radius 2 is 1.97 bits per heavy atom. The molecule has 36 heavy (non-hydrogen) atoms. The molecule has 9 nitrogen and oxygen atoms in total. The number of hydrogen-bond acceptors (Lipinski definition) is 8. The van der Waals surface area contributed by atoms with Gasteiger partial charge in [0, 0.05) is 12.1 Å². The van der Waals surface area contributed by atoms with Gasteiger partial charge in [0.2, 0.25) is 5.95 Å². The van der Waals surface area contributed by atoms with Gasteiger partial charge in [-0.05, 0) is 49.8 Å². The normalized spacial score (nSPS) is 15.2. The SMILES string of the molecule is CC(CC(C)c1cc(Cl)c(Nc2nc(NC3CC3)c3ncc(C#N)n3n2)cc1C#N)NCC(F)(F)F. The number of halogens is 4. The summed E-state index contributed by atoms with van der Waals surface area (Å²) in [7, 11) is 0. The second kappa shape index (κ2) is 10.2. The van der Waals surface area contributed by atoms with Gasteiger partial charge in [-0.25, -0.2) is 4.98 Å². The predicted octanol–water partition coefficient (Wildman–Crippen LogP) is 4.87. The number of rotatable bonds is 9. The molecule has 0 aliphatic heterocycles. The first-order valence-corrected chi connectivity index (χ1v) is 11.7. The van der Waals surface area contributed by atoms with E-state index in [4.69, 9.17) is 11.6 Å². The third kappa shape index (κ3) is 5.96. The maximum Gasteiger partial charge on any atom is 0.401 e. The molecule has 13 heteroatoms. The van der Waals surface area contributed by atoms with Crippen LogP contribution >= 0.6 is 11.6 Å². The van der Waals surface area contributed by atoms with E-state index in [1.54, 1.807) is 19.1 Å². The van der Waals surface area contributed by atoms with Gasteiger partial charge < -0.3 is 16.0 Å². The Bertz CT molecular complexity index is 1350. The molecule has 4 rings (SSSR count). The molecule has 1 fully saturated rings. The van der Waals surface area contributed by atoms with Gasteiger partial charge in [-0.2, -0.15) is 33.2 Å². The Kier molecular flexibility index (Phi) is 7.20. The highest BCUT2D eigenvalue weighted by Gasteiger charge is 2.28. The molecule has 1 aliphatic carbocycles. The van der Waals surface area contributed by atoms with Crippen LogP contribution in [0.4, 0.5) is 30.6 Å². The number of anilines is 3. The molecule has 3 aromatic rings. The molecule has 2 atom stereocenters. The number of alkyl halides is 3. The third-order valence-corrected chi connectivity index (χ3v) is 6.10. The molecule has 1 aliphatic rings. The molecule has 2 heterocycles. The van der Waals surface area contributed by atoms with E-state index in [1.165, 1.54) is 10.7 Å². The molecule has 2 unspecified atom stereocenters. The average molecular weight is 518 g/mol.